The molecule has 4 heteroatoms. The lowest BCUT2D eigenvalue weighted by molar-refractivity contribution is 0.0952. The van der Waals surface area contributed by atoms with E-state index < -0.39 is 0 Å². The molecule has 0 bridgehead atoms. The van der Waals surface area contributed by atoms with Crippen LogP contribution < -0.4 is 15.8 Å². The SMILES string of the molecule is CCOc1cc(N)cc(C(=O)NCCCCC(C)C)c1. The monoisotopic (exact) mass is 278 g/mol. The number of unbranched alkanes of at least 4 members (excludes halogenated alkanes) is 1. The van der Waals surface area contributed by atoms with E-state index in [0.717, 1.165) is 12.8 Å². The van der Waals surface area contributed by atoms with Crippen LogP contribution >= 0.6 is 0 Å². The van der Waals surface area contributed by atoms with Crippen molar-refractivity contribution >= 4 is 11.6 Å². The maximum atomic E-state index is 12.0. The van der Waals surface area contributed by atoms with E-state index in [0.29, 0.717) is 36.1 Å². The maximum absolute atomic E-state index is 12.0. The first kappa shape index (κ1) is 16.3. The van der Waals surface area contributed by atoms with Crippen molar-refractivity contribution < 1.29 is 9.53 Å². The minimum absolute atomic E-state index is 0.0946. The van der Waals surface area contributed by atoms with Crippen LogP contribution in [0.4, 0.5) is 5.69 Å². The van der Waals surface area contributed by atoms with Crippen LogP contribution in [0.3, 0.4) is 0 Å². The molecule has 1 amide bonds. The number of anilines is 1. The number of rotatable bonds is 8. The van der Waals surface area contributed by atoms with Crippen LogP contribution in [0.5, 0.6) is 5.75 Å². The molecule has 0 atom stereocenters. The van der Waals surface area contributed by atoms with E-state index in [9.17, 15) is 4.79 Å². The molecule has 1 rings (SSSR count). The van der Waals surface area contributed by atoms with Crippen molar-refractivity contribution in [2.24, 2.45) is 5.92 Å². The van der Waals surface area contributed by atoms with Gasteiger partial charge in [-0.2, -0.15) is 0 Å². The molecule has 0 saturated carbocycles. The van der Waals surface area contributed by atoms with Gasteiger partial charge in [-0.15, -0.1) is 0 Å². The van der Waals surface area contributed by atoms with Crippen LogP contribution in [0.25, 0.3) is 0 Å². The van der Waals surface area contributed by atoms with Crippen LogP contribution in [-0.2, 0) is 0 Å². The molecule has 1 aromatic rings. The molecular weight excluding hydrogens is 252 g/mol. The lowest BCUT2D eigenvalue weighted by atomic mass is 10.1. The van der Waals surface area contributed by atoms with Gasteiger partial charge in [0.15, 0.2) is 0 Å². The number of hydrogen-bond acceptors (Lipinski definition) is 3. The molecule has 0 aromatic heterocycles. The Morgan fingerprint density at radius 1 is 1.30 bits per heavy atom. The zero-order valence-electron chi connectivity index (χ0n) is 12.7. The predicted octanol–water partition coefficient (Wildman–Crippen LogP) is 3.22. The van der Waals surface area contributed by atoms with Crippen molar-refractivity contribution in [3.05, 3.63) is 23.8 Å². The third kappa shape index (κ3) is 5.95. The minimum atomic E-state index is -0.0946. The molecule has 112 valence electrons. The Hall–Kier alpha value is -1.71. The average molecular weight is 278 g/mol. The van der Waals surface area contributed by atoms with Gasteiger partial charge in [0.25, 0.3) is 5.91 Å². The third-order valence-electron chi connectivity index (χ3n) is 3.00. The fourth-order valence-corrected chi connectivity index (χ4v) is 1.98. The van der Waals surface area contributed by atoms with Crippen LogP contribution in [0.15, 0.2) is 18.2 Å². The topological polar surface area (TPSA) is 64.3 Å². The molecule has 0 saturated heterocycles. The van der Waals surface area contributed by atoms with Crippen molar-refractivity contribution in [3.63, 3.8) is 0 Å². The first-order chi connectivity index (χ1) is 9.52. The number of carbonyl (C=O) groups excluding carboxylic acids is 1. The van der Waals surface area contributed by atoms with Crippen LogP contribution in [0, 0.1) is 5.92 Å². The molecule has 0 aliphatic carbocycles. The van der Waals surface area contributed by atoms with Gasteiger partial charge in [-0.3, -0.25) is 4.79 Å². The summed E-state index contributed by atoms with van der Waals surface area (Å²) in [7, 11) is 0. The molecule has 0 radical (unpaired) electrons. The standard InChI is InChI=1S/C16H26N2O2/c1-4-20-15-10-13(9-14(17)11-15)16(19)18-8-6-5-7-12(2)3/h9-12H,4-8,17H2,1-3H3,(H,18,19). The number of ether oxygens (including phenoxy) is 1. The zero-order chi connectivity index (χ0) is 15.0. The normalized spacial score (nSPS) is 10.6. The second kappa shape index (κ2) is 8.46. The van der Waals surface area contributed by atoms with Gasteiger partial charge in [-0.25, -0.2) is 0 Å². The van der Waals surface area contributed by atoms with Crippen molar-refractivity contribution in [2.45, 2.75) is 40.0 Å². The Labute approximate surface area is 121 Å². The number of carbonyl (C=O) groups is 1. The Kier molecular flexibility index (Phi) is 6.91. The second-order valence-corrected chi connectivity index (χ2v) is 5.37. The van der Waals surface area contributed by atoms with Crippen molar-refractivity contribution in [1.29, 1.82) is 0 Å². The lowest BCUT2D eigenvalue weighted by Crippen LogP contribution is -2.24. The van der Waals surface area contributed by atoms with Gasteiger partial charge < -0.3 is 15.8 Å². The van der Waals surface area contributed by atoms with E-state index in [4.69, 9.17) is 10.5 Å². The summed E-state index contributed by atoms with van der Waals surface area (Å²) in [6.45, 7) is 7.57. The number of hydrogen-bond donors (Lipinski definition) is 2. The summed E-state index contributed by atoms with van der Waals surface area (Å²) in [6.07, 6.45) is 3.34. The number of nitrogen functional groups attached to an aromatic ring is 1. The highest BCUT2D eigenvalue weighted by molar-refractivity contribution is 5.95. The first-order valence-electron chi connectivity index (χ1n) is 7.34. The summed E-state index contributed by atoms with van der Waals surface area (Å²) < 4.78 is 5.39. The van der Waals surface area contributed by atoms with Gasteiger partial charge in [0.1, 0.15) is 5.75 Å². The van der Waals surface area contributed by atoms with Gasteiger partial charge in [-0.05, 0) is 31.4 Å². The molecule has 0 spiro atoms. The average Bonchev–Trinajstić information content (AvgIpc) is 2.37. The van der Waals surface area contributed by atoms with Gasteiger partial charge >= 0.3 is 0 Å². The highest BCUT2D eigenvalue weighted by Gasteiger charge is 2.08. The molecule has 1 aromatic carbocycles. The Morgan fingerprint density at radius 2 is 2.05 bits per heavy atom. The molecule has 20 heavy (non-hydrogen) atoms. The number of amides is 1. The molecule has 4 nitrogen and oxygen atoms in total. The summed E-state index contributed by atoms with van der Waals surface area (Å²) in [5.41, 5.74) is 6.87. The highest BCUT2D eigenvalue weighted by atomic mass is 16.5. The Bertz CT molecular complexity index is 430. The van der Waals surface area contributed by atoms with Gasteiger partial charge in [0.05, 0.1) is 6.61 Å². The van der Waals surface area contributed by atoms with Crippen molar-refractivity contribution in [3.8, 4) is 5.75 Å². The summed E-state index contributed by atoms with van der Waals surface area (Å²) >= 11 is 0. The first-order valence-corrected chi connectivity index (χ1v) is 7.34. The van der Waals surface area contributed by atoms with Crippen molar-refractivity contribution in [1.82, 2.24) is 5.32 Å². The minimum Gasteiger partial charge on any atom is -0.494 e. The van der Waals surface area contributed by atoms with Gasteiger partial charge in [0, 0.05) is 23.9 Å². The van der Waals surface area contributed by atoms with Crippen molar-refractivity contribution in [2.75, 3.05) is 18.9 Å². The lowest BCUT2D eigenvalue weighted by Gasteiger charge is -2.09. The van der Waals surface area contributed by atoms with E-state index in [-0.39, 0.29) is 5.91 Å². The fraction of sp³-hybridized carbons (Fsp3) is 0.562. The smallest absolute Gasteiger partial charge is 0.251 e. The molecule has 3 N–H and O–H groups in total. The highest BCUT2D eigenvalue weighted by Crippen LogP contribution is 2.19. The van der Waals surface area contributed by atoms with E-state index >= 15 is 0 Å². The quantitative estimate of drug-likeness (QED) is 0.567. The van der Waals surface area contributed by atoms with Gasteiger partial charge in [-0.1, -0.05) is 26.7 Å². The maximum Gasteiger partial charge on any atom is 0.251 e. The predicted molar refractivity (Wildman–Crippen MR) is 83.0 cm³/mol. The summed E-state index contributed by atoms with van der Waals surface area (Å²) in [4.78, 5) is 12.0. The molecule has 0 heterocycles. The summed E-state index contributed by atoms with van der Waals surface area (Å²) in [6, 6.07) is 5.12. The largest absolute Gasteiger partial charge is 0.494 e. The number of nitrogens with one attached hydrogen (secondary N) is 1. The Balaban J connectivity index is 2.46. The molecule has 0 aliphatic heterocycles. The molecule has 0 aliphatic rings. The zero-order valence-corrected chi connectivity index (χ0v) is 12.7. The van der Waals surface area contributed by atoms with E-state index in [2.05, 4.69) is 19.2 Å². The van der Waals surface area contributed by atoms with Gasteiger partial charge in [0.2, 0.25) is 0 Å². The van der Waals surface area contributed by atoms with Crippen LogP contribution in [0.2, 0.25) is 0 Å². The molecule has 0 unspecified atom stereocenters. The molecular formula is C16H26N2O2. The Morgan fingerprint density at radius 3 is 2.70 bits per heavy atom. The van der Waals surface area contributed by atoms with E-state index in [1.807, 2.05) is 6.92 Å². The van der Waals surface area contributed by atoms with E-state index in [1.54, 1.807) is 18.2 Å². The van der Waals surface area contributed by atoms with Crippen LogP contribution in [-0.4, -0.2) is 19.1 Å². The third-order valence-corrected chi connectivity index (χ3v) is 3.00. The van der Waals surface area contributed by atoms with Crippen LogP contribution in [0.1, 0.15) is 50.4 Å². The van der Waals surface area contributed by atoms with E-state index in [1.165, 1.54) is 6.42 Å². The number of benzene rings is 1. The fourth-order valence-electron chi connectivity index (χ4n) is 1.98. The molecule has 0 fully saturated rings. The number of nitrogens with two attached hydrogens (primary N) is 1. The second-order valence-electron chi connectivity index (χ2n) is 5.37. The summed E-state index contributed by atoms with van der Waals surface area (Å²) in [5.74, 6) is 1.26. The summed E-state index contributed by atoms with van der Waals surface area (Å²) in [5, 5.41) is 2.92.